The third kappa shape index (κ3) is 3.54. The van der Waals surface area contributed by atoms with Gasteiger partial charge in [0.25, 0.3) is 0 Å². The molecule has 1 heterocycles. The lowest BCUT2D eigenvalue weighted by Crippen LogP contribution is -2.30. The largest absolute Gasteiger partial charge is 0.496 e. The van der Waals surface area contributed by atoms with Crippen LogP contribution in [0.3, 0.4) is 0 Å². The van der Waals surface area contributed by atoms with E-state index < -0.39 is 11.9 Å². The van der Waals surface area contributed by atoms with Gasteiger partial charge in [-0.05, 0) is 24.0 Å². The SMILES string of the molecule is COc1ccccc1CCC(=O)N1CC(C)C(C(=O)O)C1. The number of carboxylic acid groups (broad SMARTS) is 1. The van der Waals surface area contributed by atoms with Crippen LogP contribution < -0.4 is 4.74 Å². The van der Waals surface area contributed by atoms with Gasteiger partial charge in [0, 0.05) is 19.5 Å². The molecule has 2 rings (SSSR count). The Morgan fingerprint density at radius 1 is 1.33 bits per heavy atom. The summed E-state index contributed by atoms with van der Waals surface area (Å²) in [5.41, 5.74) is 0.996. The molecule has 1 amide bonds. The van der Waals surface area contributed by atoms with E-state index in [0.29, 0.717) is 25.9 Å². The number of nitrogens with zero attached hydrogens (tertiary/aromatic N) is 1. The molecule has 5 heteroatoms. The lowest BCUT2D eigenvalue weighted by atomic mass is 9.99. The number of benzene rings is 1. The smallest absolute Gasteiger partial charge is 0.308 e. The van der Waals surface area contributed by atoms with Gasteiger partial charge in [-0.3, -0.25) is 9.59 Å². The van der Waals surface area contributed by atoms with E-state index in [1.807, 2.05) is 31.2 Å². The van der Waals surface area contributed by atoms with Crippen molar-refractivity contribution in [3.05, 3.63) is 29.8 Å². The molecule has 1 aliphatic rings. The number of ether oxygens (including phenoxy) is 1. The van der Waals surface area contributed by atoms with Crippen LogP contribution in [0, 0.1) is 11.8 Å². The van der Waals surface area contributed by atoms with Crippen LogP contribution in [0.2, 0.25) is 0 Å². The van der Waals surface area contributed by atoms with E-state index in [0.717, 1.165) is 11.3 Å². The minimum atomic E-state index is -0.817. The van der Waals surface area contributed by atoms with Gasteiger partial charge >= 0.3 is 5.97 Å². The molecule has 21 heavy (non-hydrogen) atoms. The number of carbonyl (C=O) groups excluding carboxylic acids is 1. The topological polar surface area (TPSA) is 66.8 Å². The van der Waals surface area contributed by atoms with Crippen LogP contribution in [0.4, 0.5) is 0 Å². The van der Waals surface area contributed by atoms with Crippen LogP contribution in [0.15, 0.2) is 24.3 Å². The van der Waals surface area contributed by atoms with Crippen molar-refractivity contribution in [2.45, 2.75) is 19.8 Å². The lowest BCUT2D eigenvalue weighted by molar-refractivity contribution is -0.142. The Morgan fingerprint density at radius 2 is 2.05 bits per heavy atom. The van der Waals surface area contributed by atoms with Crippen molar-refractivity contribution < 1.29 is 19.4 Å². The molecule has 5 nitrogen and oxygen atoms in total. The third-order valence-corrected chi connectivity index (χ3v) is 4.08. The van der Waals surface area contributed by atoms with Gasteiger partial charge in [0.1, 0.15) is 5.75 Å². The molecule has 0 saturated carbocycles. The van der Waals surface area contributed by atoms with Crippen LogP contribution in [0.25, 0.3) is 0 Å². The number of carboxylic acids is 1. The fraction of sp³-hybridized carbons (Fsp3) is 0.500. The Kier molecular flexibility index (Phi) is 4.83. The Morgan fingerprint density at radius 3 is 2.67 bits per heavy atom. The van der Waals surface area contributed by atoms with Crippen molar-refractivity contribution in [3.8, 4) is 5.75 Å². The highest BCUT2D eigenvalue weighted by Crippen LogP contribution is 2.25. The zero-order valence-corrected chi connectivity index (χ0v) is 12.4. The summed E-state index contributed by atoms with van der Waals surface area (Å²) in [5, 5.41) is 9.10. The molecule has 1 aromatic carbocycles. The average molecular weight is 291 g/mol. The molecule has 2 unspecified atom stereocenters. The highest BCUT2D eigenvalue weighted by molar-refractivity contribution is 5.79. The van der Waals surface area contributed by atoms with Crippen LogP contribution in [0.1, 0.15) is 18.9 Å². The summed E-state index contributed by atoms with van der Waals surface area (Å²) >= 11 is 0. The maximum absolute atomic E-state index is 12.2. The van der Waals surface area contributed by atoms with Crippen LogP contribution in [0.5, 0.6) is 5.75 Å². The number of aliphatic carboxylic acids is 1. The lowest BCUT2D eigenvalue weighted by Gasteiger charge is -2.16. The van der Waals surface area contributed by atoms with Gasteiger partial charge in [0.05, 0.1) is 13.0 Å². The van der Waals surface area contributed by atoms with Crippen molar-refractivity contribution in [1.82, 2.24) is 4.90 Å². The van der Waals surface area contributed by atoms with Gasteiger partial charge in [0.2, 0.25) is 5.91 Å². The molecule has 114 valence electrons. The number of para-hydroxylation sites is 1. The predicted molar refractivity (Wildman–Crippen MR) is 78.2 cm³/mol. The Balaban J connectivity index is 1.92. The van der Waals surface area contributed by atoms with Crippen LogP contribution >= 0.6 is 0 Å². The molecule has 1 aromatic rings. The monoisotopic (exact) mass is 291 g/mol. The Bertz CT molecular complexity index is 529. The second-order valence-electron chi connectivity index (χ2n) is 5.53. The van der Waals surface area contributed by atoms with Gasteiger partial charge < -0.3 is 14.7 Å². The molecule has 1 saturated heterocycles. The van der Waals surface area contributed by atoms with E-state index in [1.165, 1.54) is 0 Å². The highest BCUT2D eigenvalue weighted by Gasteiger charge is 2.36. The standard InChI is InChI=1S/C16H21NO4/c1-11-9-17(10-13(11)16(19)20)15(18)8-7-12-5-3-4-6-14(12)21-2/h3-6,11,13H,7-10H2,1-2H3,(H,19,20). The fourth-order valence-corrected chi connectivity index (χ4v) is 2.80. The third-order valence-electron chi connectivity index (χ3n) is 4.08. The molecular weight excluding hydrogens is 270 g/mol. The summed E-state index contributed by atoms with van der Waals surface area (Å²) in [6.07, 6.45) is 0.977. The van der Waals surface area contributed by atoms with Crippen molar-refractivity contribution in [2.24, 2.45) is 11.8 Å². The molecule has 2 atom stereocenters. The van der Waals surface area contributed by atoms with Gasteiger partial charge in [-0.15, -0.1) is 0 Å². The fourth-order valence-electron chi connectivity index (χ4n) is 2.80. The second-order valence-corrected chi connectivity index (χ2v) is 5.53. The summed E-state index contributed by atoms with van der Waals surface area (Å²) in [7, 11) is 1.61. The van der Waals surface area contributed by atoms with Crippen LogP contribution in [-0.2, 0) is 16.0 Å². The Labute approximate surface area is 124 Å². The quantitative estimate of drug-likeness (QED) is 0.898. The minimum absolute atomic E-state index is 0.0107. The summed E-state index contributed by atoms with van der Waals surface area (Å²) in [4.78, 5) is 25.0. The summed E-state index contributed by atoms with van der Waals surface area (Å²) < 4.78 is 5.27. The number of hydrogen-bond acceptors (Lipinski definition) is 3. The maximum atomic E-state index is 12.2. The Hall–Kier alpha value is -2.04. The minimum Gasteiger partial charge on any atom is -0.496 e. The molecule has 0 aliphatic carbocycles. The van der Waals surface area contributed by atoms with E-state index >= 15 is 0 Å². The average Bonchev–Trinajstić information content (AvgIpc) is 2.87. The van der Waals surface area contributed by atoms with Gasteiger partial charge in [-0.25, -0.2) is 0 Å². The molecule has 1 aliphatic heterocycles. The maximum Gasteiger partial charge on any atom is 0.308 e. The summed E-state index contributed by atoms with van der Waals surface area (Å²) in [6, 6.07) is 7.63. The van der Waals surface area contributed by atoms with Crippen molar-refractivity contribution in [2.75, 3.05) is 20.2 Å². The first-order valence-electron chi connectivity index (χ1n) is 7.15. The number of methoxy groups -OCH3 is 1. The van der Waals surface area contributed by atoms with Crippen molar-refractivity contribution >= 4 is 11.9 Å². The van der Waals surface area contributed by atoms with Gasteiger partial charge in [-0.1, -0.05) is 25.1 Å². The van der Waals surface area contributed by atoms with E-state index in [2.05, 4.69) is 0 Å². The second kappa shape index (κ2) is 6.61. The van der Waals surface area contributed by atoms with Crippen LogP contribution in [-0.4, -0.2) is 42.1 Å². The van der Waals surface area contributed by atoms with Gasteiger partial charge in [0.15, 0.2) is 0 Å². The number of carbonyl (C=O) groups is 2. The van der Waals surface area contributed by atoms with E-state index in [4.69, 9.17) is 9.84 Å². The molecular formula is C16H21NO4. The molecule has 0 spiro atoms. The predicted octanol–water partition coefficient (Wildman–Crippen LogP) is 1.81. The molecule has 0 bridgehead atoms. The van der Waals surface area contributed by atoms with E-state index in [-0.39, 0.29) is 11.8 Å². The summed E-state index contributed by atoms with van der Waals surface area (Å²) in [6.45, 7) is 2.73. The number of aryl methyl sites for hydroxylation is 1. The highest BCUT2D eigenvalue weighted by atomic mass is 16.5. The number of likely N-dealkylation sites (tertiary alicyclic amines) is 1. The first-order valence-corrected chi connectivity index (χ1v) is 7.15. The van der Waals surface area contributed by atoms with Gasteiger partial charge in [-0.2, -0.15) is 0 Å². The number of amides is 1. The van der Waals surface area contributed by atoms with Crippen molar-refractivity contribution in [3.63, 3.8) is 0 Å². The van der Waals surface area contributed by atoms with E-state index in [1.54, 1.807) is 12.0 Å². The number of hydrogen-bond donors (Lipinski definition) is 1. The van der Waals surface area contributed by atoms with Crippen molar-refractivity contribution in [1.29, 1.82) is 0 Å². The normalized spacial score (nSPS) is 21.3. The molecule has 0 aromatic heterocycles. The van der Waals surface area contributed by atoms with E-state index in [9.17, 15) is 9.59 Å². The zero-order valence-electron chi connectivity index (χ0n) is 12.4. The first-order chi connectivity index (χ1) is 10.0. The summed E-state index contributed by atoms with van der Waals surface area (Å²) in [5.74, 6) is -0.458. The number of rotatable bonds is 5. The molecule has 1 N–H and O–H groups in total. The zero-order chi connectivity index (χ0) is 15.4. The molecule has 0 radical (unpaired) electrons. The first kappa shape index (κ1) is 15.4. The molecule has 1 fully saturated rings.